The van der Waals surface area contributed by atoms with Crippen molar-refractivity contribution in [2.75, 3.05) is 6.61 Å². The van der Waals surface area contributed by atoms with Gasteiger partial charge < -0.3 is 9.84 Å². The first kappa shape index (κ1) is 16.6. The summed E-state index contributed by atoms with van der Waals surface area (Å²) in [6.07, 6.45) is 3.10. The number of carbonyl (C=O) groups excluding carboxylic acids is 1. The highest BCUT2D eigenvalue weighted by Gasteiger charge is 2.04. The lowest BCUT2D eigenvalue weighted by molar-refractivity contribution is -0.137. The molecule has 0 amide bonds. The van der Waals surface area contributed by atoms with Gasteiger partial charge in [-0.3, -0.25) is 0 Å². The molecule has 0 saturated heterocycles. The SMILES string of the molecule is C=CCOC(=O)C(=C)C#N.N#CC=CC(=O)O. The predicted molar refractivity (Wildman–Crippen MR) is 58.3 cm³/mol. The number of carboxylic acid groups (broad SMARTS) is 1. The van der Waals surface area contributed by atoms with Crippen LogP contribution in [-0.4, -0.2) is 23.7 Å². The van der Waals surface area contributed by atoms with Gasteiger partial charge in [-0.25, -0.2) is 9.59 Å². The first-order valence-electron chi connectivity index (χ1n) is 4.15. The molecule has 0 aliphatic rings. The molecule has 0 rings (SSSR count). The van der Waals surface area contributed by atoms with E-state index in [4.69, 9.17) is 15.6 Å². The molecule has 0 aromatic heterocycles. The number of esters is 1. The molecule has 0 atom stereocenters. The molecule has 0 aromatic rings. The Morgan fingerprint density at radius 2 is 2.00 bits per heavy atom. The molecule has 0 aliphatic carbocycles. The van der Waals surface area contributed by atoms with Crippen molar-refractivity contribution in [3.63, 3.8) is 0 Å². The fourth-order valence-electron chi connectivity index (χ4n) is 0.376. The maximum Gasteiger partial charge on any atom is 0.348 e. The van der Waals surface area contributed by atoms with Gasteiger partial charge in [-0.1, -0.05) is 19.2 Å². The van der Waals surface area contributed by atoms with E-state index in [9.17, 15) is 9.59 Å². The average Bonchev–Trinajstić information content (AvgIpc) is 2.32. The minimum Gasteiger partial charge on any atom is -0.478 e. The Morgan fingerprint density at radius 3 is 2.29 bits per heavy atom. The van der Waals surface area contributed by atoms with Crippen LogP contribution in [0.2, 0.25) is 0 Å². The van der Waals surface area contributed by atoms with E-state index in [-0.39, 0.29) is 12.2 Å². The summed E-state index contributed by atoms with van der Waals surface area (Å²) in [6.45, 7) is 6.59. The molecule has 0 radical (unpaired) electrons. The molecular formula is C11H10N2O4. The lowest BCUT2D eigenvalue weighted by Gasteiger charge is -1.95. The molecule has 0 heterocycles. The zero-order valence-corrected chi connectivity index (χ0v) is 8.92. The first-order valence-corrected chi connectivity index (χ1v) is 4.15. The number of aliphatic carboxylic acids is 1. The van der Waals surface area contributed by atoms with Crippen molar-refractivity contribution in [1.82, 2.24) is 0 Å². The summed E-state index contributed by atoms with van der Waals surface area (Å²) < 4.78 is 4.46. The number of hydrogen-bond acceptors (Lipinski definition) is 5. The molecule has 0 saturated carbocycles. The third-order valence-electron chi connectivity index (χ3n) is 1.01. The van der Waals surface area contributed by atoms with E-state index >= 15 is 0 Å². The van der Waals surface area contributed by atoms with Crippen LogP contribution >= 0.6 is 0 Å². The summed E-state index contributed by atoms with van der Waals surface area (Å²) in [6, 6.07) is 3.11. The van der Waals surface area contributed by atoms with Crippen LogP contribution in [0, 0.1) is 22.7 Å². The van der Waals surface area contributed by atoms with Crippen LogP contribution < -0.4 is 0 Å². The van der Waals surface area contributed by atoms with Crippen molar-refractivity contribution < 1.29 is 19.4 Å². The first-order chi connectivity index (χ1) is 7.99. The van der Waals surface area contributed by atoms with Gasteiger partial charge in [0.15, 0.2) is 0 Å². The Hall–Kier alpha value is -2.86. The maximum absolute atomic E-state index is 10.5. The highest BCUT2D eigenvalue weighted by atomic mass is 16.5. The normalized spacial score (nSPS) is 7.88. The molecule has 0 aromatic carbocycles. The van der Waals surface area contributed by atoms with Crippen LogP contribution in [-0.2, 0) is 14.3 Å². The van der Waals surface area contributed by atoms with Crippen LogP contribution in [0.3, 0.4) is 0 Å². The second-order valence-corrected chi connectivity index (χ2v) is 2.28. The predicted octanol–water partition coefficient (Wildman–Crippen LogP) is 0.946. The standard InChI is InChI=1S/C7H7NO2.C4H3NO2/c1-3-4-10-7(9)6(2)5-8;5-3-1-2-4(6)7/h3H,1-2,4H2;1-2H,(H,6,7). The van der Waals surface area contributed by atoms with Crippen LogP contribution in [0.15, 0.2) is 37.0 Å². The smallest absolute Gasteiger partial charge is 0.348 e. The zero-order chi connectivity index (χ0) is 13.7. The molecule has 88 valence electrons. The van der Waals surface area contributed by atoms with Crippen molar-refractivity contribution in [1.29, 1.82) is 10.5 Å². The average molecular weight is 234 g/mol. The molecule has 0 unspecified atom stereocenters. The van der Waals surface area contributed by atoms with E-state index < -0.39 is 11.9 Å². The van der Waals surface area contributed by atoms with Gasteiger partial charge in [0.1, 0.15) is 18.2 Å². The van der Waals surface area contributed by atoms with E-state index in [0.717, 1.165) is 12.2 Å². The van der Waals surface area contributed by atoms with E-state index in [0.29, 0.717) is 0 Å². The molecule has 0 spiro atoms. The van der Waals surface area contributed by atoms with Gasteiger partial charge in [-0.15, -0.1) is 0 Å². The summed E-state index contributed by atoms with van der Waals surface area (Å²) >= 11 is 0. The fourth-order valence-corrected chi connectivity index (χ4v) is 0.376. The van der Waals surface area contributed by atoms with Crippen LogP contribution in [0.25, 0.3) is 0 Å². The number of rotatable bonds is 4. The number of carbonyl (C=O) groups is 2. The van der Waals surface area contributed by atoms with Crippen LogP contribution in [0.4, 0.5) is 0 Å². The fraction of sp³-hybridized carbons (Fsp3) is 0.0909. The van der Waals surface area contributed by atoms with Crippen LogP contribution in [0.1, 0.15) is 0 Å². The summed E-state index contributed by atoms with van der Waals surface area (Å²) in [5.41, 5.74) is -0.193. The number of nitrogens with zero attached hydrogens (tertiary/aromatic N) is 2. The van der Waals surface area contributed by atoms with Crippen LogP contribution in [0.5, 0.6) is 0 Å². The van der Waals surface area contributed by atoms with Gasteiger partial charge in [0.2, 0.25) is 0 Å². The molecule has 17 heavy (non-hydrogen) atoms. The number of carboxylic acids is 1. The van der Waals surface area contributed by atoms with Gasteiger partial charge in [-0.2, -0.15) is 10.5 Å². The number of ether oxygens (including phenoxy) is 1. The van der Waals surface area contributed by atoms with Gasteiger partial charge in [0.25, 0.3) is 0 Å². The van der Waals surface area contributed by atoms with Crippen molar-refractivity contribution in [2.45, 2.75) is 0 Å². The number of nitriles is 2. The Balaban J connectivity index is 0. The molecule has 0 bridgehead atoms. The summed E-state index contributed by atoms with van der Waals surface area (Å²) in [5.74, 6) is -1.79. The Kier molecular flexibility index (Phi) is 10.9. The maximum atomic E-state index is 10.5. The highest BCUT2D eigenvalue weighted by Crippen LogP contribution is 1.90. The van der Waals surface area contributed by atoms with E-state index in [1.54, 1.807) is 6.07 Å². The van der Waals surface area contributed by atoms with E-state index in [2.05, 4.69) is 17.9 Å². The van der Waals surface area contributed by atoms with Crippen molar-refractivity contribution in [3.05, 3.63) is 37.0 Å². The Morgan fingerprint density at radius 1 is 1.41 bits per heavy atom. The van der Waals surface area contributed by atoms with E-state index in [1.807, 2.05) is 0 Å². The van der Waals surface area contributed by atoms with Gasteiger partial charge in [-0.05, 0) is 0 Å². The summed E-state index contributed by atoms with van der Waals surface area (Å²) in [7, 11) is 0. The lowest BCUT2D eigenvalue weighted by Crippen LogP contribution is -2.05. The Bertz CT molecular complexity index is 410. The van der Waals surface area contributed by atoms with Crippen molar-refractivity contribution >= 4 is 11.9 Å². The largest absolute Gasteiger partial charge is 0.478 e. The monoisotopic (exact) mass is 234 g/mol. The molecule has 6 nitrogen and oxygen atoms in total. The summed E-state index contributed by atoms with van der Waals surface area (Å²) in [4.78, 5) is 20.1. The highest BCUT2D eigenvalue weighted by molar-refractivity contribution is 5.91. The molecule has 1 N–H and O–H groups in total. The molecular weight excluding hydrogens is 224 g/mol. The molecule has 0 aliphatic heterocycles. The number of allylic oxidation sites excluding steroid dienone is 1. The summed E-state index contributed by atoms with van der Waals surface area (Å²) in [5, 5.41) is 23.6. The third-order valence-corrected chi connectivity index (χ3v) is 1.01. The zero-order valence-electron chi connectivity index (χ0n) is 8.92. The lowest BCUT2D eigenvalue weighted by atomic mass is 10.3. The second-order valence-electron chi connectivity index (χ2n) is 2.28. The Labute approximate surface area is 98.3 Å². The quantitative estimate of drug-likeness (QED) is 0.335. The minimum atomic E-state index is -1.10. The molecule has 0 fully saturated rings. The minimum absolute atomic E-state index is 0.111. The molecule has 6 heteroatoms. The second kappa shape index (κ2) is 11.2. The topological polar surface area (TPSA) is 111 Å². The number of hydrogen-bond donors (Lipinski definition) is 1. The van der Waals surface area contributed by atoms with Crippen molar-refractivity contribution in [3.8, 4) is 12.1 Å². The van der Waals surface area contributed by atoms with Gasteiger partial charge >= 0.3 is 11.9 Å². The van der Waals surface area contributed by atoms with Gasteiger partial charge in [0, 0.05) is 12.2 Å². The van der Waals surface area contributed by atoms with E-state index in [1.165, 1.54) is 12.1 Å². The van der Waals surface area contributed by atoms with Crippen molar-refractivity contribution in [2.24, 2.45) is 0 Å². The third kappa shape index (κ3) is 13.1. The van der Waals surface area contributed by atoms with Gasteiger partial charge in [0.05, 0.1) is 6.07 Å².